The Labute approximate surface area is 127 Å². The van der Waals surface area contributed by atoms with E-state index in [-0.39, 0.29) is 17.3 Å². The first-order chi connectivity index (χ1) is 9.67. The molecule has 2 aliphatic carbocycles. The summed E-state index contributed by atoms with van der Waals surface area (Å²) < 4.78 is 32.2. The molecule has 0 aliphatic heterocycles. The van der Waals surface area contributed by atoms with Crippen LogP contribution in [0.25, 0.3) is 0 Å². The van der Waals surface area contributed by atoms with Gasteiger partial charge >= 0.3 is 6.09 Å². The lowest BCUT2D eigenvalue weighted by molar-refractivity contribution is 0.0483. The first-order valence-corrected chi connectivity index (χ1v) is 9.23. The number of rotatable bonds is 4. The van der Waals surface area contributed by atoms with Crippen LogP contribution < -0.4 is 10.0 Å². The first kappa shape index (κ1) is 16.5. The molecule has 2 aliphatic rings. The van der Waals surface area contributed by atoms with Gasteiger partial charge in [-0.25, -0.2) is 17.9 Å². The fraction of sp³-hybridized carbons (Fsp3) is 0.929. The number of carbonyl (C=O) groups excluding carboxylic acids is 1. The number of carbonyl (C=O) groups is 1. The van der Waals surface area contributed by atoms with Crippen LogP contribution in [0.2, 0.25) is 0 Å². The Balaban J connectivity index is 1.94. The fourth-order valence-corrected chi connectivity index (χ4v) is 4.24. The van der Waals surface area contributed by atoms with Crippen molar-refractivity contribution >= 4 is 16.1 Å². The number of hydrogen-bond acceptors (Lipinski definition) is 4. The van der Waals surface area contributed by atoms with Crippen molar-refractivity contribution in [1.82, 2.24) is 10.0 Å². The van der Waals surface area contributed by atoms with Gasteiger partial charge in [0.25, 0.3) is 0 Å². The number of ether oxygens (including phenoxy) is 1. The average molecular weight is 318 g/mol. The van der Waals surface area contributed by atoms with E-state index in [4.69, 9.17) is 4.74 Å². The van der Waals surface area contributed by atoms with Crippen LogP contribution in [0.4, 0.5) is 4.79 Å². The van der Waals surface area contributed by atoms with Crippen LogP contribution >= 0.6 is 0 Å². The van der Waals surface area contributed by atoms with E-state index in [0.717, 1.165) is 38.5 Å². The summed E-state index contributed by atoms with van der Waals surface area (Å²) in [4.78, 5) is 11.9. The predicted molar refractivity (Wildman–Crippen MR) is 80.5 cm³/mol. The van der Waals surface area contributed by atoms with Crippen LogP contribution in [-0.4, -0.2) is 37.4 Å². The van der Waals surface area contributed by atoms with Gasteiger partial charge in [0.2, 0.25) is 10.0 Å². The van der Waals surface area contributed by atoms with E-state index in [1.165, 1.54) is 0 Å². The van der Waals surface area contributed by atoms with E-state index in [1.54, 1.807) is 20.8 Å². The third kappa shape index (κ3) is 5.14. The molecule has 0 aromatic heterocycles. The van der Waals surface area contributed by atoms with Gasteiger partial charge in [0.15, 0.2) is 0 Å². The zero-order valence-electron chi connectivity index (χ0n) is 13.0. The number of sulfonamides is 1. The lowest BCUT2D eigenvalue weighted by Crippen LogP contribution is -2.54. The zero-order valence-corrected chi connectivity index (χ0v) is 13.8. The molecule has 0 saturated heterocycles. The van der Waals surface area contributed by atoms with Crippen molar-refractivity contribution in [3.63, 3.8) is 0 Å². The second kappa shape index (κ2) is 6.12. The molecule has 0 radical (unpaired) electrons. The van der Waals surface area contributed by atoms with Crippen molar-refractivity contribution in [3.8, 4) is 0 Å². The van der Waals surface area contributed by atoms with Crippen LogP contribution in [0.15, 0.2) is 0 Å². The molecule has 0 spiro atoms. The largest absolute Gasteiger partial charge is 0.444 e. The third-order valence-corrected chi connectivity index (χ3v) is 5.73. The summed E-state index contributed by atoms with van der Waals surface area (Å²) in [5.41, 5.74) is -0.554. The van der Waals surface area contributed by atoms with E-state index in [1.807, 2.05) is 0 Å². The molecule has 0 heterocycles. The summed E-state index contributed by atoms with van der Waals surface area (Å²) in [5, 5.41) is 2.58. The maximum Gasteiger partial charge on any atom is 0.407 e. The van der Waals surface area contributed by atoms with Gasteiger partial charge in [0.05, 0.1) is 5.25 Å². The second-order valence-electron chi connectivity index (χ2n) is 7.01. The molecule has 0 aromatic rings. The van der Waals surface area contributed by atoms with E-state index in [0.29, 0.717) is 0 Å². The van der Waals surface area contributed by atoms with Crippen molar-refractivity contribution < 1.29 is 17.9 Å². The maximum atomic E-state index is 12.1. The van der Waals surface area contributed by atoms with Crippen LogP contribution in [0, 0.1) is 0 Å². The lowest BCUT2D eigenvalue weighted by Gasteiger charge is -2.33. The quantitative estimate of drug-likeness (QED) is 0.829. The molecule has 2 saturated carbocycles. The van der Waals surface area contributed by atoms with Gasteiger partial charge in [-0.3, -0.25) is 0 Å². The Hall–Kier alpha value is -0.820. The maximum absolute atomic E-state index is 12.1. The molecule has 0 bridgehead atoms. The highest BCUT2D eigenvalue weighted by atomic mass is 32.2. The zero-order chi connectivity index (χ0) is 15.7. The Morgan fingerprint density at radius 1 is 1.05 bits per heavy atom. The normalized spacial score (nSPS) is 27.2. The Kier molecular flexibility index (Phi) is 4.82. The molecule has 0 aromatic carbocycles. The van der Waals surface area contributed by atoms with Gasteiger partial charge in [-0.1, -0.05) is 12.8 Å². The van der Waals surface area contributed by atoms with Crippen LogP contribution in [0.3, 0.4) is 0 Å². The van der Waals surface area contributed by atoms with Gasteiger partial charge in [0, 0.05) is 12.1 Å². The molecule has 2 atom stereocenters. The van der Waals surface area contributed by atoms with Gasteiger partial charge in [-0.15, -0.1) is 0 Å². The van der Waals surface area contributed by atoms with Gasteiger partial charge in [-0.05, 0) is 46.5 Å². The minimum Gasteiger partial charge on any atom is -0.444 e. The molecule has 2 fully saturated rings. The van der Waals surface area contributed by atoms with Gasteiger partial charge < -0.3 is 10.1 Å². The number of alkyl carbamates (subject to hydrolysis) is 1. The predicted octanol–water partition coefficient (Wildman–Crippen LogP) is 1.90. The monoisotopic (exact) mass is 318 g/mol. The highest BCUT2D eigenvalue weighted by Gasteiger charge is 2.39. The summed E-state index contributed by atoms with van der Waals surface area (Å²) in [6.45, 7) is 5.42. The summed E-state index contributed by atoms with van der Waals surface area (Å²) in [6, 6.07) is -0.418. The highest BCUT2D eigenvalue weighted by molar-refractivity contribution is 7.90. The van der Waals surface area contributed by atoms with Crippen molar-refractivity contribution in [3.05, 3.63) is 0 Å². The minimum atomic E-state index is -3.23. The summed E-state index contributed by atoms with van der Waals surface area (Å²) in [6.07, 6.45) is 4.50. The number of nitrogens with one attached hydrogen (secondary N) is 2. The van der Waals surface area contributed by atoms with Crippen molar-refractivity contribution in [1.29, 1.82) is 0 Å². The molecule has 6 nitrogen and oxygen atoms in total. The smallest absolute Gasteiger partial charge is 0.407 e. The fourth-order valence-electron chi connectivity index (χ4n) is 2.59. The summed E-state index contributed by atoms with van der Waals surface area (Å²) >= 11 is 0. The molecule has 2 N–H and O–H groups in total. The Morgan fingerprint density at radius 3 is 2.14 bits per heavy atom. The third-order valence-electron chi connectivity index (χ3n) is 3.75. The number of hydrogen-bond donors (Lipinski definition) is 2. The molecular weight excluding hydrogens is 292 g/mol. The van der Waals surface area contributed by atoms with Crippen molar-refractivity contribution in [2.24, 2.45) is 0 Å². The first-order valence-electron chi connectivity index (χ1n) is 7.68. The summed E-state index contributed by atoms with van der Waals surface area (Å²) in [5.74, 6) is 0. The van der Waals surface area contributed by atoms with Crippen molar-refractivity contribution in [2.45, 2.75) is 82.2 Å². The molecule has 122 valence electrons. The Bertz CT molecular complexity index is 480. The SMILES string of the molecule is CC(C)(C)OC(=O)NC1CCCCC1NS(=O)(=O)C1CC1. The van der Waals surface area contributed by atoms with Crippen LogP contribution in [0.1, 0.15) is 59.3 Å². The minimum absolute atomic E-state index is 0.192. The van der Waals surface area contributed by atoms with Crippen LogP contribution in [-0.2, 0) is 14.8 Å². The molecular formula is C14H26N2O4S. The molecule has 1 amide bonds. The lowest BCUT2D eigenvalue weighted by atomic mass is 9.91. The average Bonchev–Trinajstić information content (AvgIpc) is 3.12. The molecule has 2 rings (SSSR count). The standard InChI is InChI=1S/C14H26N2O4S/c1-14(2,3)20-13(17)15-11-6-4-5-7-12(11)16-21(18,19)10-8-9-10/h10-12,16H,4-9H2,1-3H3,(H,15,17). The highest BCUT2D eigenvalue weighted by Crippen LogP contribution is 2.29. The number of amides is 1. The van der Waals surface area contributed by atoms with E-state index >= 15 is 0 Å². The van der Waals surface area contributed by atoms with Gasteiger partial charge in [0.1, 0.15) is 5.60 Å². The van der Waals surface area contributed by atoms with E-state index in [9.17, 15) is 13.2 Å². The van der Waals surface area contributed by atoms with E-state index < -0.39 is 21.7 Å². The molecule has 7 heteroatoms. The van der Waals surface area contributed by atoms with E-state index in [2.05, 4.69) is 10.0 Å². The van der Waals surface area contributed by atoms with Crippen molar-refractivity contribution in [2.75, 3.05) is 0 Å². The van der Waals surface area contributed by atoms with Gasteiger partial charge in [-0.2, -0.15) is 0 Å². The topological polar surface area (TPSA) is 84.5 Å². The molecule has 21 heavy (non-hydrogen) atoms. The molecule has 2 unspecified atom stereocenters. The van der Waals surface area contributed by atoms with Crippen LogP contribution in [0.5, 0.6) is 0 Å². The summed E-state index contributed by atoms with van der Waals surface area (Å²) in [7, 11) is -3.23. The second-order valence-corrected chi connectivity index (χ2v) is 9.00. The Morgan fingerprint density at radius 2 is 1.62 bits per heavy atom.